The fraction of sp³-hybridized carbons (Fsp3) is 0.923. The van der Waals surface area contributed by atoms with Gasteiger partial charge in [-0.05, 0) is 31.6 Å². The highest BCUT2D eigenvalue weighted by molar-refractivity contribution is 6.18. The van der Waals surface area contributed by atoms with Gasteiger partial charge in [0.25, 0.3) is 0 Å². The maximum Gasteiger partial charge on any atom is 0.224 e. The Kier molecular flexibility index (Phi) is 4.28. The van der Waals surface area contributed by atoms with Crippen LogP contribution in [0.1, 0.15) is 53.4 Å². The lowest BCUT2D eigenvalue weighted by Crippen LogP contribution is -2.50. The molecule has 94 valence electrons. The Hall–Kier alpha value is -0.240. The second-order valence-electron chi connectivity index (χ2n) is 5.97. The molecule has 1 rings (SSSR count). The van der Waals surface area contributed by atoms with Gasteiger partial charge < -0.3 is 5.32 Å². The summed E-state index contributed by atoms with van der Waals surface area (Å²) in [6.45, 7) is 8.45. The molecule has 2 nitrogen and oxygen atoms in total. The lowest BCUT2D eigenvalue weighted by Gasteiger charge is -2.32. The summed E-state index contributed by atoms with van der Waals surface area (Å²) in [4.78, 5) is 12.2. The summed E-state index contributed by atoms with van der Waals surface area (Å²) in [6, 6.07) is 0. The molecule has 0 spiro atoms. The quantitative estimate of drug-likeness (QED) is 0.757. The van der Waals surface area contributed by atoms with Gasteiger partial charge in [0.15, 0.2) is 0 Å². The topological polar surface area (TPSA) is 29.1 Å². The molecule has 1 aliphatic rings. The number of hydrogen-bond donors (Lipinski definition) is 1. The van der Waals surface area contributed by atoms with Crippen LogP contribution >= 0.6 is 11.6 Å². The van der Waals surface area contributed by atoms with Gasteiger partial charge in [-0.3, -0.25) is 4.79 Å². The second kappa shape index (κ2) is 4.95. The third kappa shape index (κ3) is 2.91. The minimum atomic E-state index is -0.253. The SMILES string of the molecule is CCC(C)(CCl)NC(=O)C1CCCC1(C)C. The molecule has 0 heterocycles. The maximum absolute atomic E-state index is 12.2. The minimum Gasteiger partial charge on any atom is -0.349 e. The van der Waals surface area contributed by atoms with Gasteiger partial charge in [0, 0.05) is 11.8 Å². The van der Waals surface area contributed by atoms with E-state index in [0.29, 0.717) is 5.88 Å². The smallest absolute Gasteiger partial charge is 0.224 e. The van der Waals surface area contributed by atoms with Crippen LogP contribution in [0.4, 0.5) is 0 Å². The molecule has 1 fully saturated rings. The van der Waals surface area contributed by atoms with Crippen molar-refractivity contribution in [3.8, 4) is 0 Å². The number of halogens is 1. The van der Waals surface area contributed by atoms with Gasteiger partial charge in [0.05, 0.1) is 5.54 Å². The van der Waals surface area contributed by atoms with E-state index in [2.05, 4.69) is 26.1 Å². The van der Waals surface area contributed by atoms with Crippen LogP contribution in [0, 0.1) is 11.3 Å². The van der Waals surface area contributed by atoms with Crippen molar-refractivity contribution in [2.75, 3.05) is 5.88 Å². The average Bonchev–Trinajstić information content (AvgIpc) is 2.58. The predicted octanol–water partition coefficient (Wildman–Crippen LogP) is 3.34. The molecule has 0 radical (unpaired) electrons. The van der Waals surface area contributed by atoms with Crippen LogP contribution in [-0.2, 0) is 4.79 Å². The van der Waals surface area contributed by atoms with E-state index < -0.39 is 0 Å². The van der Waals surface area contributed by atoms with Crippen LogP contribution in [0.5, 0.6) is 0 Å². The van der Waals surface area contributed by atoms with Crippen molar-refractivity contribution in [3.63, 3.8) is 0 Å². The first kappa shape index (κ1) is 13.8. The molecule has 3 heteroatoms. The highest BCUT2D eigenvalue weighted by Crippen LogP contribution is 2.42. The normalized spacial score (nSPS) is 27.4. The Morgan fingerprint density at radius 3 is 2.56 bits per heavy atom. The minimum absolute atomic E-state index is 0.144. The van der Waals surface area contributed by atoms with Crippen LogP contribution in [0.25, 0.3) is 0 Å². The van der Waals surface area contributed by atoms with E-state index in [9.17, 15) is 4.79 Å². The van der Waals surface area contributed by atoms with Crippen molar-refractivity contribution in [1.82, 2.24) is 5.32 Å². The Bertz CT molecular complexity index is 259. The molecule has 1 amide bonds. The standard InChI is InChI=1S/C13H24ClNO/c1-5-13(4,9-14)15-11(16)10-7-6-8-12(10,2)3/h10H,5-9H2,1-4H3,(H,15,16). The first-order valence-electron chi connectivity index (χ1n) is 6.22. The van der Waals surface area contributed by atoms with Crippen molar-refractivity contribution in [2.24, 2.45) is 11.3 Å². The highest BCUT2D eigenvalue weighted by Gasteiger charge is 2.40. The molecule has 16 heavy (non-hydrogen) atoms. The number of nitrogens with one attached hydrogen (secondary N) is 1. The highest BCUT2D eigenvalue weighted by atomic mass is 35.5. The van der Waals surface area contributed by atoms with Gasteiger partial charge >= 0.3 is 0 Å². The zero-order chi connectivity index (χ0) is 12.4. The van der Waals surface area contributed by atoms with E-state index in [1.807, 2.05) is 6.92 Å². The van der Waals surface area contributed by atoms with Crippen molar-refractivity contribution in [1.29, 1.82) is 0 Å². The summed E-state index contributed by atoms with van der Waals surface area (Å²) in [5, 5.41) is 3.12. The van der Waals surface area contributed by atoms with Crippen LogP contribution in [-0.4, -0.2) is 17.3 Å². The molecule has 0 aliphatic heterocycles. The third-order valence-corrected chi connectivity index (χ3v) is 4.66. The van der Waals surface area contributed by atoms with Crippen LogP contribution < -0.4 is 5.32 Å². The van der Waals surface area contributed by atoms with Crippen LogP contribution in [0.2, 0.25) is 0 Å². The number of carbonyl (C=O) groups excluding carboxylic acids is 1. The second-order valence-corrected chi connectivity index (χ2v) is 6.24. The Balaban J connectivity index is 2.65. The van der Waals surface area contributed by atoms with E-state index >= 15 is 0 Å². The summed E-state index contributed by atoms with van der Waals surface area (Å²) in [7, 11) is 0. The summed E-state index contributed by atoms with van der Waals surface area (Å²) in [5.74, 6) is 0.816. The number of hydrogen-bond acceptors (Lipinski definition) is 1. The summed E-state index contributed by atoms with van der Waals surface area (Å²) in [6.07, 6.45) is 4.19. The molecule has 0 aromatic rings. The summed E-state index contributed by atoms with van der Waals surface area (Å²) in [5.41, 5.74) is -0.109. The molecule has 0 aromatic carbocycles. The van der Waals surface area contributed by atoms with Gasteiger partial charge in [-0.1, -0.05) is 27.2 Å². The monoisotopic (exact) mass is 245 g/mol. The van der Waals surface area contributed by atoms with Crippen LogP contribution in [0.3, 0.4) is 0 Å². The third-order valence-electron chi connectivity index (χ3n) is 4.07. The summed E-state index contributed by atoms with van der Waals surface area (Å²) < 4.78 is 0. The first-order valence-corrected chi connectivity index (χ1v) is 6.76. The Labute approximate surface area is 104 Å². The molecule has 0 saturated heterocycles. The number of rotatable bonds is 4. The van der Waals surface area contributed by atoms with E-state index in [1.165, 1.54) is 0 Å². The number of amides is 1. The molecule has 1 N–H and O–H groups in total. The van der Waals surface area contributed by atoms with Crippen molar-refractivity contribution >= 4 is 17.5 Å². The lowest BCUT2D eigenvalue weighted by atomic mass is 9.81. The van der Waals surface area contributed by atoms with Gasteiger partial charge in [-0.15, -0.1) is 11.6 Å². The number of alkyl halides is 1. The molecule has 2 unspecified atom stereocenters. The molecular weight excluding hydrogens is 222 g/mol. The molecule has 2 atom stereocenters. The molecule has 1 saturated carbocycles. The zero-order valence-corrected chi connectivity index (χ0v) is 11.7. The van der Waals surface area contributed by atoms with E-state index in [4.69, 9.17) is 11.6 Å². The largest absolute Gasteiger partial charge is 0.349 e. The van der Waals surface area contributed by atoms with Crippen molar-refractivity contribution in [2.45, 2.75) is 58.9 Å². The lowest BCUT2D eigenvalue weighted by molar-refractivity contribution is -0.129. The number of carbonyl (C=O) groups is 1. The molecule has 0 bridgehead atoms. The van der Waals surface area contributed by atoms with Gasteiger partial charge in [-0.25, -0.2) is 0 Å². The first-order chi connectivity index (χ1) is 7.34. The summed E-state index contributed by atoms with van der Waals surface area (Å²) >= 11 is 5.92. The van der Waals surface area contributed by atoms with Gasteiger partial charge in [0.1, 0.15) is 0 Å². The van der Waals surface area contributed by atoms with Crippen molar-refractivity contribution in [3.05, 3.63) is 0 Å². The molecular formula is C13H24ClNO. The fourth-order valence-electron chi connectivity index (χ4n) is 2.41. The van der Waals surface area contributed by atoms with Gasteiger partial charge in [-0.2, -0.15) is 0 Å². The maximum atomic E-state index is 12.2. The molecule has 0 aromatic heterocycles. The average molecular weight is 246 g/mol. The van der Waals surface area contributed by atoms with E-state index in [-0.39, 0.29) is 22.8 Å². The Morgan fingerprint density at radius 2 is 2.19 bits per heavy atom. The van der Waals surface area contributed by atoms with Crippen molar-refractivity contribution < 1.29 is 4.79 Å². The van der Waals surface area contributed by atoms with Crippen LogP contribution in [0.15, 0.2) is 0 Å². The fourth-order valence-corrected chi connectivity index (χ4v) is 2.67. The zero-order valence-electron chi connectivity index (χ0n) is 10.9. The molecule has 1 aliphatic carbocycles. The predicted molar refractivity (Wildman–Crippen MR) is 68.7 cm³/mol. The Morgan fingerprint density at radius 1 is 1.56 bits per heavy atom. The van der Waals surface area contributed by atoms with E-state index in [0.717, 1.165) is 25.7 Å². The van der Waals surface area contributed by atoms with Gasteiger partial charge in [0.2, 0.25) is 5.91 Å². The van der Waals surface area contributed by atoms with E-state index in [1.54, 1.807) is 0 Å².